The van der Waals surface area contributed by atoms with Crippen molar-refractivity contribution in [3.05, 3.63) is 65.7 Å². The summed E-state index contributed by atoms with van der Waals surface area (Å²) in [6.07, 6.45) is 3.49. The van der Waals surface area contributed by atoms with E-state index >= 15 is 0 Å². The number of rotatable bonds is 7. The molecule has 0 bridgehead atoms. The molecule has 27 heavy (non-hydrogen) atoms. The van der Waals surface area contributed by atoms with E-state index < -0.39 is 0 Å². The minimum Gasteiger partial charge on any atom is -0.383 e. The van der Waals surface area contributed by atoms with Gasteiger partial charge in [-0.25, -0.2) is 4.98 Å². The fourth-order valence-corrected chi connectivity index (χ4v) is 2.70. The smallest absolute Gasteiger partial charge is 0.254 e. The predicted octanol–water partition coefficient (Wildman–Crippen LogP) is 2.47. The number of aryl methyl sites for hydroxylation is 2. The van der Waals surface area contributed by atoms with Crippen LogP contribution in [0.1, 0.15) is 21.7 Å². The van der Waals surface area contributed by atoms with Gasteiger partial charge in [-0.15, -0.1) is 0 Å². The number of hydrogen-bond acceptors (Lipinski definition) is 5. The first-order chi connectivity index (χ1) is 13.1. The molecule has 7 nitrogen and oxygen atoms in total. The molecule has 0 saturated carbocycles. The molecule has 2 aromatic heterocycles. The third-order valence-corrected chi connectivity index (χ3v) is 4.32. The summed E-state index contributed by atoms with van der Waals surface area (Å²) in [6, 6.07) is 11.2. The van der Waals surface area contributed by atoms with Gasteiger partial charge in [-0.3, -0.25) is 14.5 Å². The topological polar surface area (TPSA) is 73.1 Å². The Hall–Kier alpha value is -3.06. The van der Waals surface area contributed by atoms with Crippen molar-refractivity contribution in [1.82, 2.24) is 24.6 Å². The number of carbonyl (C=O) groups is 1. The average Bonchev–Trinajstić information content (AvgIpc) is 3.04. The number of carbonyl (C=O) groups excluding carboxylic acids is 1. The lowest BCUT2D eigenvalue weighted by molar-refractivity contribution is 0.0680. The van der Waals surface area contributed by atoms with Crippen LogP contribution in [0.2, 0.25) is 0 Å². The molecule has 1 amide bonds. The predicted molar refractivity (Wildman–Crippen MR) is 102 cm³/mol. The fourth-order valence-electron chi connectivity index (χ4n) is 2.70. The summed E-state index contributed by atoms with van der Waals surface area (Å²) in [5.41, 5.74) is 2.48. The van der Waals surface area contributed by atoms with Crippen molar-refractivity contribution in [3.63, 3.8) is 0 Å². The first-order valence-electron chi connectivity index (χ1n) is 8.73. The molecule has 140 valence electrons. The highest BCUT2D eigenvalue weighted by molar-refractivity contribution is 5.94. The third kappa shape index (κ3) is 4.57. The minimum absolute atomic E-state index is 0.0485. The van der Waals surface area contributed by atoms with Crippen LogP contribution >= 0.6 is 0 Å². The van der Waals surface area contributed by atoms with Gasteiger partial charge >= 0.3 is 0 Å². The van der Waals surface area contributed by atoms with Crippen LogP contribution in [-0.4, -0.2) is 50.8 Å². The van der Waals surface area contributed by atoms with E-state index in [0.717, 1.165) is 17.0 Å². The van der Waals surface area contributed by atoms with Crippen LogP contribution in [0.15, 0.2) is 48.8 Å². The molecule has 0 spiro atoms. The number of pyridine rings is 1. The second-order valence-electron chi connectivity index (χ2n) is 6.26. The van der Waals surface area contributed by atoms with Gasteiger partial charge in [0.15, 0.2) is 5.82 Å². The number of aromatic nitrogens is 4. The van der Waals surface area contributed by atoms with E-state index in [9.17, 15) is 4.79 Å². The van der Waals surface area contributed by atoms with Crippen LogP contribution in [0.5, 0.6) is 0 Å². The van der Waals surface area contributed by atoms with E-state index in [0.29, 0.717) is 31.1 Å². The molecule has 0 aliphatic heterocycles. The van der Waals surface area contributed by atoms with Crippen LogP contribution in [0, 0.1) is 6.92 Å². The Morgan fingerprint density at radius 3 is 2.59 bits per heavy atom. The van der Waals surface area contributed by atoms with Crippen LogP contribution in [0.3, 0.4) is 0 Å². The molecule has 0 atom stereocenters. The summed E-state index contributed by atoms with van der Waals surface area (Å²) >= 11 is 0. The normalized spacial score (nSPS) is 10.8. The van der Waals surface area contributed by atoms with Gasteiger partial charge in [0.05, 0.1) is 6.61 Å². The van der Waals surface area contributed by atoms with Crippen molar-refractivity contribution in [2.45, 2.75) is 13.5 Å². The standard InChI is InChI=1S/C20H23N5O2/c1-15-22-19(23-24(15)2)17-6-8-18(9-7-17)20(26)25(11-12-27-3)14-16-5-4-10-21-13-16/h4-10,13H,11-12,14H2,1-3H3. The molecule has 1 aromatic carbocycles. The van der Waals surface area contributed by atoms with Crippen molar-refractivity contribution in [3.8, 4) is 11.4 Å². The van der Waals surface area contributed by atoms with E-state index in [4.69, 9.17) is 4.74 Å². The lowest BCUT2D eigenvalue weighted by atomic mass is 10.1. The van der Waals surface area contributed by atoms with Gasteiger partial charge in [-0.1, -0.05) is 18.2 Å². The minimum atomic E-state index is -0.0485. The Morgan fingerprint density at radius 2 is 2.00 bits per heavy atom. The van der Waals surface area contributed by atoms with E-state index in [1.807, 2.05) is 50.4 Å². The van der Waals surface area contributed by atoms with Gasteiger partial charge in [0.2, 0.25) is 0 Å². The summed E-state index contributed by atoms with van der Waals surface area (Å²) < 4.78 is 6.89. The maximum Gasteiger partial charge on any atom is 0.254 e. The van der Waals surface area contributed by atoms with Crippen molar-refractivity contribution in [2.75, 3.05) is 20.3 Å². The van der Waals surface area contributed by atoms with Crippen molar-refractivity contribution >= 4 is 5.91 Å². The zero-order chi connectivity index (χ0) is 19.2. The SMILES string of the molecule is COCCN(Cc1cccnc1)C(=O)c1ccc(-c2nc(C)n(C)n2)cc1. The number of nitrogens with zero attached hydrogens (tertiary/aromatic N) is 5. The molecule has 0 aliphatic carbocycles. The summed E-state index contributed by atoms with van der Waals surface area (Å²) in [5, 5.41) is 4.37. The molecule has 0 unspecified atom stereocenters. The Balaban J connectivity index is 1.78. The van der Waals surface area contributed by atoms with Crippen molar-refractivity contribution < 1.29 is 9.53 Å². The van der Waals surface area contributed by atoms with Crippen LogP contribution in [0.4, 0.5) is 0 Å². The van der Waals surface area contributed by atoms with Gasteiger partial charge in [0.25, 0.3) is 5.91 Å². The van der Waals surface area contributed by atoms with E-state index in [1.54, 1.807) is 29.1 Å². The second-order valence-corrected chi connectivity index (χ2v) is 6.26. The zero-order valence-corrected chi connectivity index (χ0v) is 15.8. The number of benzene rings is 1. The molecular formula is C20H23N5O2. The molecule has 0 fully saturated rings. The third-order valence-electron chi connectivity index (χ3n) is 4.32. The molecule has 0 N–H and O–H groups in total. The number of hydrogen-bond donors (Lipinski definition) is 0. The lowest BCUT2D eigenvalue weighted by Crippen LogP contribution is -2.33. The van der Waals surface area contributed by atoms with E-state index in [1.165, 1.54) is 0 Å². The maximum absolute atomic E-state index is 13.0. The first kappa shape index (κ1) is 18.7. The Morgan fingerprint density at radius 1 is 1.22 bits per heavy atom. The van der Waals surface area contributed by atoms with Crippen LogP contribution in [0.25, 0.3) is 11.4 Å². The molecular weight excluding hydrogens is 342 g/mol. The largest absolute Gasteiger partial charge is 0.383 e. The van der Waals surface area contributed by atoms with Crippen LogP contribution < -0.4 is 0 Å². The Kier molecular flexibility index (Phi) is 5.93. The Bertz CT molecular complexity index is 871. The molecule has 2 heterocycles. The molecule has 3 rings (SSSR count). The van der Waals surface area contributed by atoms with Crippen molar-refractivity contribution in [2.24, 2.45) is 7.05 Å². The zero-order valence-electron chi connectivity index (χ0n) is 15.8. The molecule has 0 aliphatic rings. The number of amides is 1. The second kappa shape index (κ2) is 8.55. The van der Waals surface area contributed by atoms with Gasteiger partial charge in [0, 0.05) is 50.8 Å². The Labute approximate surface area is 158 Å². The highest BCUT2D eigenvalue weighted by Crippen LogP contribution is 2.18. The van der Waals surface area contributed by atoms with Crippen LogP contribution in [-0.2, 0) is 18.3 Å². The summed E-state index contributed by atoms with van der Waals surface area (Å²) in [5.74, 6) is 1.44. The number of methoxy groups -OCH3 is 1. The number of ether oxygens (including phenoxy) is 1. The van der Waals surface area contributed by atoms with E-state index in [-0.39, 0.29) is 5.91 Å². The molecule has 0 saturated heterocycles. The van der Waals surface area contributed by atoms with Gasteiger partial charge in [-0.05, 0) is 30.7 Å². The molecule has 7 heteroatoms. The quantitative estimate of drug-likeness (QED) is 0.643. The molecule has 0 radical (unpaired) electrons. The fraction of sp³-hybridized carbons (Fsp3) is 0.300. The first-order valence-corrected chi connectivity index (χ1v) is 8.73. The summed E-state index contributed by atoms with van der Waals surface area (Å²) in [7, 11) is 3.49. The average molecular weight is 365 g/mol. The van der Waals surface area contributed by atoms with Crippen molar-refractivity contribution in [1.29, 1.82) is 0 Å². The summed E-state index contributed by atoms with van der Waals surface area (Å²) in [4.78, 5) is 23.3. The monoisotopic (exact) mass is 365 g/mol. The lowest BCUT2D eigenvalue weighted by Gasteiger charge is -2.22. The van der Waals surface area contributed by atoms with Gasteiger partial charge < -0.3 is 9.64 Å². The van der Waals surface area contributed by atoms with Gasteiger partial charge in [0.1, 0.15) is 5.82 Å². The summed E-state index contributed by atoms with van der Waals surface area (Å²) in [6.45, 7) is 3.37. The molecule has 3 aromatic rings. The van der Waals surface area contributed by atoms with E-state index in [2.05, 4.69) is 15.1 Å². The maximum atomic E-state index is 13.0. The highest BCUT2D eigenvalue weighted by Gasteiger charge is 2.17. The van der Waals surface area contributed by atoms with Gasteiger partial charge in [-0.2, -0.15) is 5.10 Å². The highest BCUT2D eigenvalue weighted by atomic mass is 16.5.